The second kappa shape index (κ2) is 6.08. The number of rotatable bonds is 3. The predicted octanol–water partition coefficient (Wildman–Crippen LogP) is 4.75. The summed E-state index contributed by atoms with van der Waals surface area (Å²) in [7, 11) is 1.54. The lowest BCUT2D eigenvalue weighted by atomic mass is 10.1. The molecule has 3 nitrogen and oxygen atoms in total. The van der Waals surface area contributed by atoms with Crippen molar-refractivity contribution in [1.29, 1.82) is 0 Å². The van der Waals surface area contributed by atoms with Crippen LogP contribution < -0.4 is 10.1 Å². The van der Waals surface area contributed by atoms with Gasteiger partial charge in [-0.25, -0.2) is 0 Å². The Morgan fingerprint density at radius 3 is 2.59 bits per heavy atom. The zero-order valence-corrected chi connectivity index (χ0v) is 12.7. The van der Waals surface area contributed by atoms with Crippen LogP contribution in [0.2, 0.25) is 5.02 Å². The standard InChI is InChI=1S/C18H14ClNO2/c1-22-17-10-9-13(11-15(17)19)18(21)20-16-8-4-6-12-5-2-3-7-14(12)16/h2-11H,1H3,(H,20,21). The van der Waals surface area contributed by atoms with Crippen LogP contribution in [0.3, 0.4) is 0 Å². The smallest absolute Gasteiger partial charge is 0.255 e. The fourth-order valence-corrected chi connectivity index (χ4v) is 2.59. The molecular weight excluding hydrogens is 298 g/mol. The van der Waals surface area contributed by atoms with Gasteiger partial charge in [-0.15, -0.1) is 0 Å². The van der Waals surface area contributed by atoms with Crippen molar-refractivity contribution in [2.45, 2.75) is 0 Å². The average Bonchev–Trinajstić information content (AvgIpc) is 2.55. The molecular formula is C18H14ClNO2. The zero-order valence-electron chi connectivity index (χ0n) is 12.0. The number of fused-ring (bicyclic) bond motifs is 1. The minimum Gasteiger partial charge on any atom is -0.495 e. The number of anilines is 1. The number of ether oxygens (including phenoxy) is 1. The van der Waals surface area contributed by atoms with Crippen molar-refractivity contribution in [3.05, 3.63) is 71.2 Å². The van der Waals surface area contributed by atoms with E-state index in [-0.39, 0.29) is 5.91 Å². The summed E-state index contributed by atoms with van der Waals surface area (Å²) >= 11 is 6.07. The minimum atomic E-state index is -0.207. The number of carbonyl (C=O) groups excluding carboxylic acids is 1. The van der Waals surface area contributed by atoms with Gasteiger partial charge in [0.2, 0.25) is 0 Å². The first-order chi connectivity index (χ1) is 10.7. The molecule has 0 fully saturated rings. The highest BCUT2D eigenvalue weighted by molar-refractivity contribution is 6.32. The molecule has 0 aliphatic carbocycles. The summed E-state index contributed by atoms with van der Waals surface area (Å²) in [5.74, 6) is 0.337. The van der Waals surface area contributed by atoms with E-state index in [0.717, 1.165) is 16.5 Å². The van der Waals surface area contributed by atoms with Crippen LogP contribution in [0, 0.1) is 0 Å². The van der Waals surface area contributed by atoms with Gasteiger partial charge in [0.05, 0.1) is 12.1 Å². The molecule has 0 spiro atoms. The summed E-state index contributed by atoms with van der Waals surface area (Å²) in [5.41, 5.74) is 1.26. The van der Waals surface area contributed by atoms with Gasteiger partial charge in [-0.05, 0) is 29.7 Å². The molecule has 110 valence electrons. The van der Waals surface area contributed by atoms with E-state index in [1.54, 1.807) is 18.2 Å². The van der Waals surface area contributed by atoms with E-state index in [0.29, 0.717) is 16.3 Å². The monoisotopic (exact) mass is 311 g/mol. The Labute approximate surface area is 133 Å². The average molecular weight is 312 g/mol. The fourth-order valence-electron chi connectivity index (χ4n) is 2.34. The van der Waals surface area contributed by atoms with Gasteiger partial charge in [-0.3, -0.25) is 4.79 Å². The van der Waals surface area contributed by atoms with Gasteiger partial charge in [-0.1, -0.05) is 48.0 Å². The van der Waals surface area contributed by atoms with Crippen LogP contribution in [0.25, 0.3) is 10.8 Å². The molecule has 1 N–H and O–H groups in total. The number of benzene rings is 3. The Hall–Kier alpha value is -2.52. The van der Waals surface area contributed by atoms with Crippen molar-refractivity contribution >= 4 is 34.0 Å². The van der Waals surface area contributed by atoms with Crippen LogP contribution in [0.1, 0.15) is 10.4 Å². The molecule has 0 unspecified atom stereocenters. The third-order valence-electron chi connectivity index (χ3n) is 3.45. The Morgan fingerprint density at radius 2 is 1.82 bits per heavy atom. The minimum absolute atomic E-state index is 0.207. The molecule has 3 rings (SSSR count). The van der Waals surface area contributed by atoms with Gasteiger partial charge < -0.3 is 10.1 Å². The first-order valence-corrected chi connectivity index (χ1v) is 7.19. The van der Waals surface area contributed by atoms with Crippen molar-refractivity contribution in [2.75, 3.05) is 12.4 Å². The fraction of sp³-hybridized carbons (Fsp3) is 0.0556. The molecule has 0 radical (unpaired) electrons. The van der Waals surface area contributed by atoms with Crippen molar-refractivity contribution in [3.63, 3.8) is 0 Å². The lowest BCUT2D eigenvalue weighted by Gasteiger charge is -2.10. The number of amides is 1. The molecule has 0 saturated heterocycles. The molecule has 0 aliphatic rings. The number of carbonyl (C=O) groups is 1. The number of hydrogen-bond donors (Lipinski definition) is 1. The summed E-state index contributed by atoms with van der Waals surface area (Å²) in [5, 5.41) is 5.41. The van der Waals surface area contributed by atoms with Gasteiger partial charge in [0.1, 0.15) is 5.75 Å². The topological polar surface area (TPSA) is 38.3 Å². The highest BCUT2D eigenvalue weighted by Gasteiger charge is 2.10. The molecule has 0 bridgehead atoms. The number of hydrogen-bond acceptors (Lipinski definition) is 2. The first kappa shape index (κ1) is 14.4. The number of nitrogens with one attached hydrogen (secondary N) is 1. The second-order valence-corrected chi connectivity index (χ2v) is 5.24. The third-order valence-corrected chi connectivity index (χ3v) is 3.75. The van der Waals surface area contributed by atoms with Crippen LogP contribution in [0.4, 0.5) is 5.69 Å². The molecule has 1 amide bonds. The van der Waals surface area contributed by atoms with E-state index in [9.17, 15) is 4.79 Å². The van der Waals surface area contributed by atoms with E-state index < -0.39 is 0 Å². The number of halogens is 1. The maximum Gasteiger partial charge on any atom is 0.255 e. The summed E-state index contributed by atoms with van der Waals surface area (Å²) in [6.07, 6.45) is 0. The molecule has 0 aliphatic heterocycles. The van der Waals surface area contributed by atoms with Gasteiger partial charge in [0.15, 0.2) is 0 Å². The van der Waals surface area contributed by atoms with Crippen LogP contribution in [0.5, 0.6) is 5.75 Å². The molecule has 3 aromatic carbocycles. The van der Waals surface area contributed by atoms with Crippen molar-refractivity contribution < 1.29 is 9.53 Å². The molecule has 3 aromatic rings. The van der Waals surface area contributed by atoms with Crippen LogP contribution >= 0.6 is 11.6 Å². The van der Waals surface area contributed by atoms with Crippen molar-refractivity contribution in [2.24, 2.45) is 0 Å². The Kier molecular flexibility index (Phi) is 3.98. The van der Waals surface area contributed by atoms with E-state index >= 15 is 0 Å². The van der Waals surface area contributed by atoms with Gasteiger partial charge in [-0.2, -0.15) is 0 Å². The van der Waals surface area contributed by atoms with Gasteiger partial charge in [0.25, 0.3) is 5.91 Å². The zero-order chi connectivity index (χ0) is 15.5. The Balaban J connectivity index is 1.92. The van der Waals surface area contributed by atoms with Crippen LogP contribution in [0.15, 0.2) is 60.7 Å². The van der Waals surface area contributed by atoms with E-state index in [4.69, 9.17) is 16.3 Å². The Bertz CT molecular complexity index is 840. The maximum absolute atomic E-state index is 12.4. The first-order valence-electron chi connectivity index (χ1n) is 6.81. The van der Waals surface area contributed by atoms with E-state index in [1.165, 1.54) is 7.11 Å². The Morgan fingerprint density at radius 1 is 1.05 bits per heavy atom. The molecule has 0 atom stereocenters. The molecule has 0 aromatic heterocycles. The van der Waals surface area contributed by atoms with Crippen molar-refractivity contribution in [1.82, 2.24) is 0 Å². The summed E-state index contributed by atoms with van der Waals surface area (Å²) in [6.45, 7) is 0. The van der Waals surface area contributed by atoms with Crippen LogP contribution in [-0.2, 0) is 0 Å². The normalized spacial score (nSPS) is 10.5. The quantitative estimate of drug-likeness (QED) is 0.757. The summed E-state index contributed by atoms with van der Waals surface area (Å²) < 4.78 is 5.09. The molecule has 4 heteroatoms. The second-order valence-electron chi connectivity index (χ2n) is 4.83. The highest BCUT2D eigenvalue weighted by Crippen LogP contribution is 2.27. The summed E-state index contributed by atoms with van der Waals surface area (Å²) in [6, 6.07) is 18.7. The lowest BCUT2D eigenvalue weighted by Crippen LogP contribution is -2.12. The third kappa shape index (κ3) is 2.76. The lowest BCUT2D eigenvalue weighted by molar-refractivity contribution is 0.102. The predicted molar refractivity (Wildman–Crippen MR) is 89.9 cm³/mol. The van der Waals surface area contributed by atoms with Crippen molar-refractivity contribution in [3.8, 4) is 5.75 Å². The van der Waals surface area contributed by atoms with Crippen LogP contribution in [-0.4, -0.2) is 13.0 Å². The summed E-state index contributed by atoms with van der Waals surface area (Å²) in [4.78, 5) is 12.4. The SMILES string of the molecule is COc1ccc(C(=O)Nc2cccc3ccccc23)cc1Cl. The maximum atomic E-state index is 12.4. The number of methoxy groups -OCH3 is 1. The molecule has 22 heavy (non-hydrogen) atoms. The van der Waals surface area contributed by atoms with E-state index in [2.05, 4.69) is 5.32 Å². The van der Waals surface area contributed by atoms with Gasteiger partial charge >= 0.3 is 0 Å². The van der Waals surface area contributed by atoms with Gasteiger partial charge in [0, 0.05) is 16.6 Å². The molecule has 0 saturated carbocycles. The van der Waals surface area contributed by atoms with E-state index in [1.807, 2.05) is 42.5 Å². The molecule has 0 heterocycles. The highest BCUT2D eigenvalue weighted by atomic mass is 35.5. The largest absolute Gasteiger partial charge is 0.495 e.